The van der Waals surface area contributed by atoms with Crippen molar-refractivity contribution in [1.29, 1.82) is 0 Å². The molecule has 0 saturated carbocycles. The zero-order chi connectivity index (χ0) is 45.5. The number of phenols is 2. The minimum atomic E-state index is -5.07. The van der Waals surface area contributed by atoms with Crippen LogP contribution < -0.4 is 20.8 Å². The van der Waals surface area contributed by atoms with Gasteiger partial charge in [-0.3, -0.25) is 18.7 Å². The van der Waals surface area contributed by atoms with Gasteiger partial charge in [-0.05, 0) is 68.5 Å². The largest absolute Gasteiger partial charge is 0.507 e. The molecule has 328 valence electrons. The number of nitrogens with zero attached hydrogens (tertiary/aromatic N) is 7. The van der Waals surface area contributed by atoms with Crippen LogP contribution in [0.1, 0.15) is 34.0 Å². The van der Waals surface area contributed by atoms with E-state index in [4.69, 9.17) is 20.5 Å². The van der Waals surface area contributed by atoms with Crippen LogP contribution in [-0.2, 0) is 26.0 Å². The van der Waals surface area contributed by atoms with E-state index in [0.717, 1.165) is 10.6 Å². The highest BCUT2D eigenvalue weighted by Crippen LogP contribution is 2.48. The molecule has 25 heteroatoms. The Morgan fingerprint density at radius 2 is 1.37 bits per heavy atom. The zero-order valence-electron chi connectivity index (χ0n) is 33.0. The second-order valence-corrected chi connectivity index (χ2v) is 14.9. The van der Waals surface area contributed by atoms with Crippen LogP contribution in [0.25, 0.3) is 10.8 Å². The monoisotopic (exact) mass is 898 g/mol. The lowest BCUT2D eigenvalue weighted by atomic mass is 10.0. The Kier molecular flexibility index (Phi) is 14.9. The number of carbonyl (C=O) groups excluding carboxylic acids is 1. The van der Waals surface area contributed by atoms with E-state index in [0.29, 0.717) is 23.0 Å². The minimum absolute atomic E-state index is 0.0156. The number of rotatable bonds is 18. The maximum atomic E-state index is 12.8. The molecule has 5 rings (SSSR count). The third-order valence-corrected chi connectivity index (χ3v) is 10.4. The fraction of sp³-hybridized carbons (Fsp3) is 0.243. The van der Waals surface area contributed by atoms with Crippen molar-refractivity contribution in [3.05, 3.63) is 75.1 Å². The number of fused-ring (bicyclic) bond motifs is 1. The molecule has 0 unspecified atom stereocenters. The molecule has 0 aliphatic heterocycles. The molecule has 0 radical (unpaired) electrons. The SMILES string of the molecule is CCn1c(O)c(N=Nc2ccc(N=Nc3cc(OCCO)c(N=Nc4c(SOOO)cc5cc(C)cc(O)c5c4O)cc3OCCO)c(S(=O)(=O)O)c2C)c(C)c(C(N)=O)c1=O. The molecule has 5 aromatic rings. The molecule has 62 heavy (non-hydrogen) atoms. The van der Waals surface area contributed by atoms with Crippen LogP contribution in [0.2, 0.25) is 0 Å². The number of carbonyl (C=O) groups is 1. The summed E-state index contributed by atoms with van der Waals surface area (Å²) in [5, 5.41) is 89.1. The topological polar surface area (TPSA) is 352 Å². The van der Waals surface area contributed by atoms with Gasteiger partial charge in [0.2, 0.25) is 5.88 Å². The number of aliphatic hydroxyl groups excluding tert-OH is 2. The highest BCUT2D eigenvalue weighted by molar-refractivity contribution is 7.94. The second-order valence-electron chi connectivity index (χ2n) is 12.8. The Morgan fingerprint density at radius 1 is 0.806 bits per heavy atom. The lowest BCUT2D eigenvalue weighted by Crippen LogP contribution is -2.30. The molecule has 0 bridgehead atoms. The van der Waals surface area contributed by atoms with Crippen molar-refractivity contribution in [2.24, 2.45) is 36.4 Å². The first-order valence-electron chi connectivity index (χ1n) is 17.9. The fourth-order valence-corrected chi connectivity index (χ4v) is 7.42. The number of aryl methyl sites for hydroxylation is 1. The van der Waals surface area contributed by atoms with Gasteiger partial charge in [0.15, 0.2) is 5.75 Å². The lowest BCUT2D eigenvalue weighted by molar-refractivity contribution is -0.432. The number of nitrogens with two attached hydrogens (primary N) is 1. The molecule has 0 fully saturated rings. The van der Waals surface area contributed by atoms with E-state index >= 15 is 0 Å². The van der Waals surface area contributed by atoms with Gasteiger partial charge in [0, 0.05) is 24.2 Å². The Bertz CT molecular complexity index is 2810. The van der Waals surface area contributed by atoms with Crippen molar-refractivity contribution < 1.29 is 67.4 Å². The second kappa shape index (κ2) is 19.9. The number of benzene rings is 4. The summed E-state index contributed by atoms with van der Waals surface area (Å²) in [6, 6.07) is 9.39. The summed E-state index contributed by atoms with van der Waals surface area (Å²) in [6.07, 6.45) is 0. The van der Waals surface area contributed by atoms with Gasteiger partial charge in [0.05, 0.1) is 41.2 Å². The lowest BCUT2D eigenvalue weighted by Gasteiger charge is -2.14. The Hall–Kier alpha value is -6.58. The summed E-state index contributed by atoms with van der Waals surface area (Å²) in [5.41, 5.74) is 3.15. The number of pyridine rings is 1. The van der Waals surface area contributed by atoms with E-state index in [1.165, 1.54) is 51.1 Å². The van der Waals surface area contributed by atoms with Gasteiger partial charge in [-0.1, -0.05) is 11.1 Å². The smallest absolute Gasteiger partial charge is 0.297 e. The molecular formula is C37H38N8O15S2. The molecule has 0 saturated heterocycles. The number of hydrogen-bond donors (Lipinski definition) is 8. The Labute approximate surface area is 354 Å². The normalized spacial score (nSPS) is 12.1. The molecule has 9 N–H and O–H groups in total. The highest BCUT2D eigenvalue weighted by atomic mass is 32.2. The van der Waals surface area contributed by atoms with Crippen molar-refractivity contribution >= 4 is 73.0 Å². The molecule has 0 spiro atoms. The number of ether oxygens (including phenoxy) is 2. The molecule has 23 nitrogen and oxygen atoms in total. The summed E-state index contributed by atoms with van der Waals surface area (Å²) in [4.78, 5) is 24.1. The van der Waals surface area contributed by atoms with Gasteiger partial charge >= 0.3 is 0 Å². The van der Waals surface area contributed by atoms with Gasteiger partial charge in [0.25, 0.3) is 21.6 Å². The first-order valence-corrected chi connectivity index (χ1v) is 20.1. The van der Waals surface area contributed by atoms with E-state index in [1.54, 1.807) is 13.0 Å². The highest BCUT2D eigenvalue weighted by Gasteiger charge is 2.25. The number of aliphatic hydroxyl groups is 2. The van der Waals surface area contributed by atoms with E-state index in [-0.39, 0.29) is 86.9 Å². The quantitative estimate of drug-likeness (QED) is 0.0147. The maximum Gasteiger partial charge on any atom is 0.297 e. The van der Waals surface area contributed by atoms with Crippen molar-refractivity contribution in [1.82, 2.24) is 4.57 Å². The van der Waals surface area contributed by atoms with Crippen molar-refractivity contribution in [3.8, 4) is 28.9 Å². The van der Waals surface area contributed by atoms with Crippen molar-refractivity contribution in [3.63, 3.8) is 0 Å². The summed E-state index contributed by atoms with van der Waals surface area (Å²) < 4.78 is 52.6. The predicted octanol–water partition coefficient (Wildman–Crippen LogP) is 6.83. The molecule has 1 heterocycles. The minimum Gasteiger partial charge on any atom is -0.507 e. The van der Waals surface area contributed by atoms with E-state index < -0.39 is 62.6 Å². The van der Waals surface area contributed by atoms with Crippen LogP contribution in [0.15, 0.2) is 87.7 Å². The van der Waals surface area contributed by atoms with Crippen molar-refractivity contribution in [2.45, 2.75) is 44.0 Å². The summed E-state index contributed by atoms with van der Waals surface area (Å²) in [6.45, 7) is 4.26. The van der Waals surface area contributed by atoms with Gasteiger partial charge in [-0.25, -0.2) is 5.26 Å². The van der Waals surface area contributed by atoms with Crippen molar-refractivity contribution in [2.75, 3.05) is 26.4 Å². The molecule has 0 atom stereocenters. The average molecular weight is 899 g/mol. The van der Waals surface area contributed by atoms with Crippen LogP contribution >= 0.6 is 12.0 Å². The van der Waals surface area contributed by atoms with Crippen LogP contribution in [0.3, 0.4) is 0 Å². The number of aromatic nitrogens is 1. The average Bonchev–Trinajstić information content (AvgIpc) is 3.20. The summed E-state index contributed by atoms with van der Waals surface area (Å²) in [7, 11) is -5.07. The molecule has 1 amide bonds. The predicted molar refractivity (Wildman–Crippen MR) is 219 cm³/mol. The molecule has 4 aromatic carbocycles. The van der Waals surface area contributed by atoms with Gasteiger partial charge in [-0.2, -0.15) is 13.5 Å². The molecule has 1 aromatic heterocycles. The molecule has 0 aliphatic rings. The number of aromatic hydroxyl groups is 3. The number of phenolic OH excluding ortho intramolecular Hbond substituents is 2. The first kappa shape index (κ1) is 46.5. The van der Waals surface area contributed by atoms with Crippen LogP contribution in [-0.4, -0.2) is 80.7 Å². The number of primary amides is 1. The first-order chi connectivity index (χ1) is 29.5. The number of amides is 1. The Balaban J connectivity index is 1.62. The van der Waals surface area contributed by atoms with E-state index in [2.05, 4.69) is 40.1 Å². The third-order valence-electron chi connectivity index (χ3n) is 8.78. The standard InChI is InChI=1S/C37H38N8O15S2/c1-5-45-36(51)29(35(38)50)19(4)31(37(45)52)43-39-21-6-7-22(34(18(21)3)62(54,55)56)40-41-23-15-27(58-11-9-47)24(16-26(23)57-10-8-46)42-44-32-28(61-60-59-53)14-20-12-17(2)13-25(48)30(20)33(32)49/h6-7,12-16,46-49,52-53H,5,8-11H2,1-4H3,(H2,38,50)(H,54,55,56). The summed E-state index contributed by atoms with van der Waals surface area (Å²) in [5.74, 6) is -2.74. The third kappa shape index (κ3) is 9.96. The summed E-state index contributed by atoms with van der Waals surface area (Å²) >= 11 is 0.452. The molecule has 0 aliphatic carbocycles. The number of hydrogen-bond acceptors (Lipinski definition) is 21. The van der Waals surface area contributed by atoms with Crippen LogP contribution in [0, 0.1) is 20.8 Å². The Morgan fingerprint density at radius 3 is 1.94 bits per heavy atom. The zero-order valence-corrected chi connectivity index (χ0v) is 34.6. The number of azo groups is 3. The molecular weight excluding hydrogens is 861 g/mol. The fourth-order valence-electron chi connectivity index (χ4n) is 6.06. The van der Waals surface area contributed by atoms with Crippen LogP contribution in [0.4, 0.5) is 34.1 Å². The van der Waals surface area contributed by atoms with Gasteiger partial charge in [0.1, 0.15) is 69.4 Å². The maximum absolute atomic E-state index is 12.8. The van der Waals surface area contributed by atoms with E-state index in [9.17, 15) is 48.1 Å². The van der Waals surface area contributed by atoms with E-state index in [1.807, 2.05) is 0 Å². The van der Waals surface area contributed by atoms with Gasteiger partial charge < -0.3 is 40.7 Å². The van der Waals surface area contributed by atoms with Gasteiger partial charge in [-0.15, -0.1) is 29.9 Å². The van der Waals surface area contributed by atoms with Crippen LogP contribution in [0.5, 0.6) is 28.9 Å².